The molecule has 2 heterocycles. The molecule has 0 spiro atoms. The molecule has 2 aliphatic rings. The summed E-state index contributed by atoms with van der Waals surface area (Å²) in [6, 6.07) is 14.5. The fourth-order valence-electron chi connectivity index (χ4n) is 4.91. The normalized spacial score (nSPS) is 22.5. The number of aliphatic imine (C=N–C) groups is 1. The Kier molecular flexibility index (Phi) is 9.84. The summed E-state index contributed by atoms with van der Waals surface area (Å²) in [5.41, 5.74) is 2.45. The van der Waals surface area contributed by atoms with E-state index < -0.39 is 0 Å². The summed E-state index contributed by atoms with van der Waals surface area (Å²) in [6.45, 7) is 8.10. The summed E-state index contributed by atoms with van der Waals surface area (Å²) in [4.78, 5) is 7.43. The van der Waals surface area contributed by atoms with Crippen LogP contribution < -0.4 is 10.6 Å². The van der Waals surface area contributed by atoms with Gasteiger partial charge in [0.15, 0.2) is 5.96 Å². The summed E-state index contributed by atoms with van der Waals surface area (Å²) in [7, 11) is 0. The van der Waals surface area contributed by atoms with Gasteiger partial charge < -0.3 is 10.6 Å². The zero-order chi connectivity index (χ0) is 21.5. The van der Waals surface area contributed by atoms with Gasteiger partial charge in [-0.1, -0.05) is 43.2 Å². The minimum atomic E-state index is 0. The molecule has 1 saturated carbocycles. The number of piperidine rings is 1. The third-order valence-corrected chi connectivity index (χ3v) is 6.69. The Bertz CT molecular complexity index is 830. The summed E-state index contributed by atoms with van der Waals surface area (Å²) in [6.07, 6.45) is 9.58. The molecule has 4 rings (SSSR count). The van der Waals surface area contributed by atoms with E-state index in [4.69, 9.17) is 10.1 Å². The van der Waals surface area contributed by atoms with Crippen LogP contribution in [0.1, 0.15) is 69.7 Å². The molecular weight excluding hydrogens is 511 g/mol. The Morgan fingerprint density at radius 3 is 2.62 bits per heavy atom. The van der Waals surface area contributed by atoms with Crippen molar-refractivity contribution in [1.29, 1.82) is 0 Å². The topological polar surface area (TPSA) is 57.5 Å². The predicted molar refractivity (Wildman–Crippen MR) is 142 cm³/mol. The lowest BCUT2D eigenvalue weighted by Crippen LogP contribution is -2.51. The van der Waals surface area contributed by atoms with Gasteiger partial charge in [-0.3, -0.25) is 9.58 Å². The first-order chi connectivity index (χ1) is 15.2. The van der Waals surface area contributed by atoms with E-state index in [1.54, 1.807) is 0 Å². The van der Waals surface area contributed by atoms with Gasteiger partial charge in [0.2, 0.25) is 0 Å². The van der Waals surface area contributed by atoms with Crippen molar-refractivity contribution in [3.05, 3.63) is 53.9 Å². The first kappa shape index (κ1) is 25.0. The molecule has 2 aromatic rings. The van der Waals surface area contributed by atoms with E-state index in [0.717, 1.165) is 44.1 Å². The molecule has 176 valence electrons. The highest BCUT2D eigenvalue weighted by atomic mass is 127. The van der Waals surface area contributed by atoms with Crippen molar-refractivity contribution in [2.45, 2.75) is 83.6 Å². The lowest BCUT2D eigenvalue weighted by Gasteiger charge is -2.38. The van der Waals surface area contributed by atoms with Crippen LogP contribution in [0, 0.1) is 0 Å². The van der Waals surface area contributed by atoms with Crippen LogP contribution in [0.25, 0.3) is 0 Å². The molecule has 0 amide bonds. The van der Waals surface area contributed by atoms with Gasteiger partial charge >= 0.3 is 0 Å². The van der Waals surface area contributed by atoms with Crippen LogP contribution in [-0.4, -0.2) is 45.8 Å². The van der Waals surface area contributed by atoms with Crippen LogP contribution in [0.3, 0.4) is 0 Å². The molecule has 2 fully saturated rings. The van der Waals surface area contributed by atoms with E-state index in [-0.39, 0.29) is 24.0 Å². The molecule has 2 N–H and O–H groups in total. The number of benzene rings is 1. The van der Waals surface area contributed by atoms with Crippen LogP contribution in [0.4, 0.5) is 0 Å². The van der Waals surface area contributed by atoms with Gasteiger partial charge in [-0.25, -0.2) is 4.99 Å². The molecular formula is C25H39IN6. The largest absolute Gasteiger partial charge is 0.357 e. The smallest absolute Gasteiger partial charge is 0.191 e. The maximum Gasteiger partial charge on any atom is 0.191 e. The van der Waals surface area contributed by atoms with Crippen molar-refractivity contribution in [2.24, 2.45) is 4.99 Å². The van der Waals surface area contributed by atoms with Crippen molar-refractivity contribution >= 4 is 29.9 Å². The summed E-state index contributed by atoms with van der Waals surface area (Å²) < 4.78 is 2.16. The monoisotopic (exact) mass is 550 g/mol. The van der Waals surface area contributed by atoms with E-state index in [9.17, 15) is 0 Å². The minimum absolute atomic E-state index is 0. The lowest BCUT2D eigenvalue weighted by atomic mass is 9.97. The fourth-order valence-corrected chi connectivity index (χ4v) is 4.91. The molecule has 7 heteroatoms. The fraction of sp³-hybridized carbons (Fsp3) is 0.600. The molecule has 32 heavy (non-hydrogen) atoms. The van der Waals surface area contributed by atoms with E-state index in [0.29, 0.717) is 24.7 Å². The van der Waals surface area contributed by atoms with Crippen molar-refractivity contribution in [2.75, 3.05) is 13.1 Å². The number of hydrogen-bond acceptors (Lipinski definition) is 3. The molecule has 2 unspecified atom stereocenters. The number of hydrogen-bond donors (Lipinski definition) is 2. The molecule has 6 nitrogen and oxygen atoms in total. The summed E-state index contributed by atoms with van der Waals surface area (Å²) in [5.74, 6) is 0.909. The third kappa shape index (κ3) is 6.94. The third-order valence-electron chi connectivity index (χ3n) is 6.69. The zero-order valence-electron chi connectivity index (χ0n) is 19.5. The maximum atomic E-state index is 4.83. The van der Waals surface area contributed by atoms with Gasteiger partial charge in [-0.2, -0.15) is 5.10 Å². The Morgan fingerprint density at radius 1 is 1.12 bits per heavy atom. The summed E-state index contributed by atoms with van der Waals surface area (Å²) >= 11 is 0. The number of rotatable bonds is 7. The van der Waals surface area contributed by atoms with Crippen molar-refractivity contribution < 1.29 is 0 Å². The zero-order valence-corrected chi connectivity index (χ0v) is 21.9. The van der Waals surface area contributed by atoms with Gasteiger partial charge in [0.25, 0.3) is 0 Å². The van der Waals surface area contributed by atoms with Gasteiger partial charge in [0, 0.05) is 37.9 Å². The average molecular weight is 551 g/mol. The Morgan fingerprint density at radius 2 is 1.91 bits per heavy atom. The predicted octanol–water partition coefficient (Wildman–Crippen LogP) is 4.72. The second kappa shape index (κ2) is 12.6. The molecule has 1 aromatic carbocycles. The van der Waals surface area contributed by atoms with Crippen LogP contribution in [0.15, 0.2) is 47.6 Å². The van der Waals surface area contributed by atoms with E-state index in [2.05, 4.69) is 76.7 Å². The number of guanidine groups is 1. The number of nitrogens with zero attached hydrogens (tertiary/aromatic N) is 4. The highest BCUT2D eigenvalue weighted by Gasteiger charge is 2.26. The maximum absolute atomic E-state index is 4.83. The number of aromatic nitrogens is 2. The highest BCUT2D eigenvalue weighted by Crippen LogP contribution is 2.28. The van der Waals surface area contributed by atoms with E-state index in [1.165, 1.54) is 31.2 Å². The molecule has 0 radical (unpaired) electrons. The van der Waals surface area contributed by atoms with Crippen LogP contribution >= 0.6 is 24.0 Å². The Hall–Kier alpha value is -1.61. The quantitative estimate of drug-likeness (QED) is 0.298. The first-order valence-corrected chi connectivity index (χ1v) is 12.1. The second-order valence-electron chi connectivity index (χ2n) is 9.09. The van der Waals surface area contributed by atoms with Gasteiger partial charge in [-0.15, -0.1) is 24.0 Å². The van der Waals surface area contributed by atoms with Gasteiger partial charge in [0.1, 0.15) is 0 Å². The highest BCUT2D eigenvalue weighted by molar-refractivity contribution is 14.0. The van der Waals surface area contributed by atoms with Crippen molar-refractivity contribution in [1.82, 2.24) is 25.3 Å². The lowest BCUT2D eigenvalue weighted by molar-refractivity contribution is 0.134. The summed E-state index contributed by atoms with van der Waals surface area (Å²) in [5, 5.41) is 11.9. The minimum Gasteiger partial charge on any atom is -0.357 e. The number of likely N-dealkylation sites (tertiary alicyclic amines) is 1. The Balaban J connectivity index is 0.00000289. The standard InChI is InChI=1S/C25H38N6.HI/c1-3-26-25(27-18-23-14-16-31(29-23)24-11-7-8-12-24)28-22-13-15-30(20(2)17-22)19-21-9-5-4-6-10-21;/h4-6,9-10,14,16,20,22,24H,3,7-8,11-13,15,17-19H2,1-2H3,(H2,26,27,28);1H. The Labute approximate surface area is 210 Å². The number of nitrogens with one attached hydrogen (secondary N) is 2. The molecule has 0 bridgehead atoms. The SMILES string of the molecule is CCNC(=NCc1ccn(C2CCCC2)n1)NC1CCN(Cc2ccccc2)C(C)C1.I. The molecule has 1 aromatic heterocycles. The molecule has 1 aliphatic carbocycles. The van der Waals surface area contributed by atoms with Crippen molar-refractivity contribution in [3.63, 3.8) is 0 Å². The van der Waals surface area contributed by atoms with E-state index in [1.807, 2.05) is 0 Å². The van der Waals surface area contributed by atoms with Crippen molar-refractivity contribution in [3.8, 4) is 0 Å². The van der Waals surface area contributed by atoms with Gasteiger partial charge in [-0.05, 0) is 51.2 Å². The van der Waals surface area contributed by atoms with E-state index >= 15 is 0 Å². The van der Waals surface area contributed by atoms with Crippen LogP contribution in [-0.2, 0) is 13.1 Å². The van der Waals surface area contributed by atoms with Gasteiger partial charge in [0.05, 0.1) is 18.3 Å². The average Bonchev–Trinajstić information content (AvgIpc) is 3.47. The molecule has 1 aliphatic heterocycles. The molecule has 1 saturated heterocycles. The van der Waals surface area contributed by atoms with Crippen LogP contribution in [0.2, 0.25) is 0 Å². The number of halogens is 1. The van der Waals surface area contributed by atoms with Crippen LogP contribution in [0.5, 0.6) is 0 Å². The second-order valence-corrected chi connectivity index (χ2v) is 9.09. The first-order valence-electron chi connectivity index (χ1n) is 12.1. The molecule has 2 atom stereocenters.